The van der Waals surface area contributed by atoms with Crippen molar-refractivity contribution < 1.29 is 9.59 Å². The highest BCUT2D eigenvalue weighted by atomic mass is 32.1. The van der Waals surface area contributed by atoms with E-state index < -0.39 is 0 Å². The number of anilines is 2. The average Bonchev–Trinajstić information content (AvgIpc) is 3.21. The minimum atomic E-state index is -0.261. The van der Waals surface area contributed by atoms with E-state index in [1.165, 1.54) is 22.4 Å². The van der Waals surface area contributed by atoms with Crippen LogP contribution in [-0.4, -0.2) is 16.8 Å². The molecule has 0 fully saturated rings. The van der Waals surface area contributed by atoms with E-state index in [9.17, 15) is 9.59 Å². The fraction of sp³-hybridized carbons (Fsp3) is 0.276. The van der Waals surface area contributed by atoms with Crippen molar-refractivity contribution in [1.82, 2.24) is 4.98 Å². The third-order valence-corrected chi connectivity index (χ3v) is 8.08. The summed E-state index contributed by atoms with van der Waals surface area (Å²) < 4.78 is 0. The highest BCUT2D eigenvalue weighted by molar-refractivity contribution is 7.17. The van der Waals surface area contributed by atoms with Gasteiger partial charge >= 0.3 is 0 Å². The fourth-order valence-electron chi connectivity index (χ4n) is 4.84. The van der Waals surface area contributed by atoms with Crippen molar-refractivity contribution in [2.24, 2.45) is 11.3 Å². The Labute approximate surface area is 209 Å². The van der Waals surface area contributed by atoms with Gasteiger partial charge < -0.3 is 10.6 Å². The Hall–Kier alpha value is -3.51. The Kier molecular flexibility index (Phi) is 6.15. The average molecular weight is 484 g/mol. The molecule has 2 heterocycles. The summed E-state index contributed by atoms with van der Waals surface area (Å²) in [5.41, 5.74) is 3.07. The zero-order valence-electron chi connectivity index (χ0n) is 20.2. The van der Waals surface area contributed by atoms with Crippen LogP contribution in [0.4, 0.5) is 10.7 Å². The van der Waals surface area contributed by atoms with E-state index in [-0.39, 0.29) is 17.2 Å². The summed E-state index contributed by atoms with van der Waals surface area (Å²) in [6.07, 6.45) is 5.94. The third kappa shape index (κ3) is 4.71. The molecule has 2 N–H and O–H groups in total. The van der Waals surface area contributed by atoms with Crippen molar-refractivity contribution in [2.75, 3.05) is 10.6 Å². The van der Waals surface area contributed by atoms with Gasteiger partial charge in [-0.3, -0.25) is 14.6 Å². The van der Waals surface area contributed by atoms with Crippen molar-refractivity contribution in [3.8, 4) is 0 Å². The van der Waals surface area contributed by atoms with E-state index in [0.717, 1.165) is 41.3 Å². The van der Waals surface area contributed by atoms with Crippen LogP contribution in [0.25, 0.3) is 10.8 Å². The van der Waals surface area contributed by atoms with Crippen LogP contribution in [0.3, 0.4) is 0 Å². The summed E-state index contributed by atoms with van der Waals surface area (Å²) in [5, 5.41) is 8.82. The number of carbonyl (C=O) groups excluding carboxylic acids is 2. The van der Waals surface area contributed by atoms with Crippen LogP contribution >= 0.6 is 11.3 Å². The maximum Gasteiger partial charge on any atom is 0.258 e. The molecule has 0 saturated heterocycles. The number of nitrogens with one attached hydrogen (secondary N) is 2. The molecule has 0 aliphatic heterocycles. The minimum absolute atomic E-state index is 0.186. The van der Waals surface area contributed by atoms with Crippen molar-refractivity contribution >= 4 is 44.6 Å². The van der Waals surface area contributed by atoms with E-state index in [0.29, 0.717) is 22.0 Å². The molecule has 2 aromatic heterocycles. The second kappa shape index (κ2) is 9.27. The van der Waals surface area contributed by atoms with Crippen LogP contribution in [0.5, 0.6) is 0 Å². The third-order valence-electron chi connectivity index (χ3n) is 6.91. The van der Waals surface area contributed by atoms with Gasteiger partial charge in [0.25, 0.3) is 11.8 Å². The number of hydrogen-bond donors (Lipinski definition) is 2. The van der Waals surface area contributed by atoms with E-state index in [1.807, 2.05) is 42.5 Å². The zero-order valence-corrected chi connectivity index (χ0v) is 21.0. The van der Waals surface area contributed by atoms with Crippen molar-refractivity contribution in [2.45, 2.75) is 40.0 Å². The molecular weight excluding hydrogens is 454 g/mol. The Morgan fingerprint density at radius 1 is 0.971 bits per heavy atom. The molecule has 1 aliphatic rings. The lowest BCUT2D eigenvalue weighted by Crippen LogP contribution is -2.27. The van der Waals surface area contributed by atoms with Crippen LogP contribution in [0.1, 0.15) is 58.3 Å². The molecule has 0 saturated carbocycles. The molecule has 5 rings (SSSR count). The van der Waals surface area contributed by atoms with Gasteiger partial charge in [-0.1, -0.05) is 57.2 Å². The van der Waals surface area contributed by atoms with Gasteiger partial charge in [0.1, 0.15) is 5.00 Å². The normalized spacial score (nSPS) is 15.5. The van der Waals surface area contributed by atoms with Crippen molar-refractivity contribution in [3.05, 3.63) is 88.6 Å². The molecule has 1 aliphatic carbocycles. The predicted octanol–water partition coefficient (Wildman–Crippen LogP) is 6.95. The standard InChI is InChI=1S/C29H29N3O2S/c1-29(2,3)20-13-14-22-24(16-20)35-28(32-26(33)19-10-7-15-30-17-19)25(22)27(34)31-23-12-6-9-18-8-4-5-11-21(18)23/h4-12,15,17,20H,13-14,16H2,1-3H3,(H,31,34)(H,32,33). The van der Waals surface area contributed by atoms with Gasteiger partial charge in [0, 0.05) is 28.3 Å². The molecule has 0 bridgehead atoms. The van der Waals surface area contributed by atoms with Gasteiger partial charge in [-0.15, -0.1) is 11.3 Å². The Bertz CT molecular complexity index is 1400. The lowest BCUT2D eigenvalue weighted by atomic mass is 9.72. The smallest absolute Gasteiger partial charge is 0.258 e. The highest BCUT2D eigenvalue weighted by Crippen LogP contribution is 2.44. The summed E-state index contributed by atoms with van der Waals surface area (Å²) in [4.78, 5) is 32.0. The monoisotopic (exact) mass is 483 g/mol. The molecule has 2 aromatic carbocycles. The van der Waals surface area contributed by atoms with E-state index in [2.05, 4.69) is 36.4 Å². The number of thiophene rings is 1. The molecule has 1 unspecified atom stereocenters. The van der Waals surface area contributed by atoms with Crippen LogP contribution in [0.2, 0.25) is 0 Å². The van der Waals surface area contributed by atoms with Gasteiger partial charge in [-0.05, 0) is 59.7 Å². The number of nitrogens with zero attached hydrogens (tertiary/aromatic N) is 1. The second-order valence-corrected chi connectivity index (χ2v) is 11.3. The summed E-state index contributed by atoms with van der Waals surface area (Å²) in [5.74, 6) is 0.0855. The Morgan fingerprint density at radius 3 is 2.54 bits per heavy atom. The molecule has 0 spiro atoms. The van der Waals surface area contributed by atoms with Gasteiger partial charge in [-0.25, -0.2) is 0 Å². The lowest BCUT2D eigenvalue weighted by Gasteiger charge is -2.33. The molecule has 4 aromatic rings. The first-order valence-corrected chi connectivity index (χ1v) is 12.8. The Balaban J connectivity index is 1.52. The molecular formula is C29H29N3O2S. The first-order chi connectivity index (χ1) is 16.8. The van der Waals surface area contributed by atoms with E-state index in [4.69, 9.17) is 0 Å². The summed E-state index contributed by atoms with van der Waals surface area (Å²) >= 11 is 1.53. The first kappa shape index (κ1) is 23.2. The largest absolute Gasteiger partial charge is 0.321 e. The summed E-state index contributed by atoms with van der Waals surface area (Å²) in [7, 11) is 0. The number of hydrogen-bond acceptors (Lipinski definition) is 4. The number of amides is 2. The van der Waals surface area contributed by atoms with Gasteiger partial charge in [0.05, 0.1) is 11.1 Å². The molecule has 35 heavy (non-hydrogen) atoms. The molecule has 178 valence electrons. The van der Waals surface area contributed by atoms with Gasteiger partial charge in [-0.2, -0.15) is 0 Å². The summed E-state index contributed by atoms with van der Waals surface area (Å²) in [6, 6.07) is 17.3. The molecule has 2 amide bonds. The number of rotatable bonds is 4. The second-order valence-electron chi connectivity index (χ2n) is 10.2. The van der Waals surface area contributed by atoms with Gasteiger partial charge in [0.15, 0.2) is 0 Å². The lowest BCUT2D eigenvalue weighted by molar-refractivity contribution is 0.102. The SMILES string of the molecule is CC(C)(C)C1CCc2c(sc(NC(=O)c3cccnc3)c2C(=O)Nc2cccc3ccccc23)C1. The molecule has 5 nitrogen and oxygen atoms in total. The van der Waals surface area contributed by atoms with Crippen LogP contribution in [-0.2, 0) is 12.8 Å². The summed E-state index contributed by atoms with van der Waals surface area (Å²) in [6.45, 7) is 6.82. The maximum atomic E-state index is 13.7. The molecule has 1 atom stereocenters. The van der Waals surface area contributed by atoms with Gasteiger partial charge in [0.2, 0.25) is 0 Å². The van der Waals surface area contributed by atoms with E-state index >= 15 is 0 Å². The van der Waals surface area contributed by atoms with Crippen molar-refractivity contribution in [1.29, 1.82) is 0 Å². The quantitative estimate of drug-likeness (QED) is 0.330. The van der Waals surface area contributed by atoms with Crippen LogP contribution < -0.4 is 10.6 Å². The number of benzene rings is 2. The van der Waals surface area contributed by atoms with Crippen LogP contribution in [0.15, 0.2) is 67.0 Å². The van der Waals surface area contributed by atoms with Crippen molar-refractivity contribution in [3.63, 3.8) is 0 Å². The number of fused-ring (bicyclic) bond motifs is 2. The first-order valence-electron chi connectivity index (χ1n) is 12.0. The number of pyridine rings is 1. The van der Waals surface area contributed by atoms with Crippen LogP contribution in [0, 0.1) is 11.3 Å². The highest BCUT2D eigenvalue weighted by Gasteiger charge is 2.34. The Morgan fingerprint density at radius 2 is 1.77 bits per heavy atom. The molecule has 0 radical (unpaired) electrons. The maximum absolute atomic E-state index is 13.7. The fourth-order valence-corrected chi connectivity index (χ4v) is 6.16. The van der Waals surface area contributed by atoms with E-state index in [1.54, 1.807) is 18.3 Å². The molecule has 6 heteroatoms. The zero-order chi connectivity index (χ0) is 24.6. The number of aromatic nitrogens is 1. The minimum Gasteiger partial charge on any atom is -0.321 e. The number of carbonyl (C=O) groups is 2. The predicted molar refractivity (Wildman–Crippen MR) is 143 cm³/mol. The topological polar surface area (TPSA) is 71.1 Å².